The number of hydrogen-bond acceptors (Lipinski definition) is 6. The first kappa shape index (κ1) is 20.7. The van der Waals surface area contributed by atoms with Gasteiger partial charge in [-0.15, -0.1) is 11.8 Å². The van der Waals surface area contributed by atoms with Gasteiger partial charge in [0.1, 0.15) is 5.58 Å². The maximum absolute atomic E-state index is 12.2. The monoisotopic (exact) mass is 411 g/mol. The van der Waals surface area contributed by atoms with Crippen LogP contribution >= 0.6 is 11.8 Å². The zero-order valence-electron chi connectivity index (χ0n) is 16.2. The zero-order chi connectivity index (χ0) is 20.8. The van der Waals surface area contributed by atoms with Gasteiger partial charge >= 0.3 is 5.97 Å². The Bertz CT molecular complexity index is 1090. The summed E-state index contributed by atoms with van der Waals surface area (Å²) in [6, 6.07) is 14.3. The summed E-state index contributed by atoms with van der Waals surface area (Å²) >= 11 is 1.62. The summed E-state index contributed by atoms with van der Waals surface area (Å²) < 4.78 is 10.4. The lowest BCUT2D eigenvalue weighted by molar-refractivity contribution is -0.124. The van der Waals surface area contributed by atoms with Crippen molar-refractivity contribution in [3.8, 4) is 0 Å². The number of ether oxygens (including phenoxy) is 1. The standard InChI is InChI=1S/C22H21NO5S/c1-14-3-6-16(7-4-14)29-10-9-23-21(25)13-27-22(26)20-12-18(24)17-11-15(2)5-8-19(17)28-20/h3-8,11-12H,9-10,13H2,1-2H3,(H,23,25). The Kier molecular flexibility index (Phi) is 6.72. The number of rotatable bonds is 7. The number of amides is 1. The summed E-state index contributed by atoms with van der Waals surface area (Å²) in [4.78, 5) is 37.3. The van der Waals surface area contributed by atoms with Crippen LogP contribution in [0.2, 0.25) is 0 Å². The largest absolute Gasteiger partial charge is 0.450 e. The zero-order valence-corrected chi connectivity index (χ0v) is 17.0. The van der Waals surface area contributed by atoms with Gasteiger partial charge in [0.05, 0.1) is 5.39 Å². The summed E-state index contributed by atoms with van der Waals surface area (Å²) in [5.74, 6) is -0.800. The van der Waals surface area contributed by atoms with Crippen LogP contribution in [0.5, 0.6) is 0 Å². The minimum atomic E-state index is -0.853. The highest BCUT2D eigenvalue weighted by Crippen LogP contribution is 2.17. The van der Waals surface area contributed by atoms with Crippen LogP contribution in [-0.2, 0) is 9.53 Å². The first-order chi connectivity index (χ1) is 13.9. The van der Waals surface area contributed by atoms with Crippen molar-refractivity contribution in [3.63, 3.8) is 0 Å². The highest BCUT2D eigenvalue weighted by Gasteiger charge is 2.15. The van der Waals surface area contributed by atoms with Gasteiger partial charge in [-0.05, 0) is 38.1 Å². The molecule has 0 saturated heterocycles. The van der Waals surface area contributed by atoms with Crippen molar-refractivity contribution in [1.82, 2.24) is 5.32 Å². The molecule has 7 heteroatoms. The number of benzene rings is 2. The number of fused-ring (bicyclic) bond motifs is 1. The minimum Gasteiger partial charge on any atom is -0.450 e. The molecule has 1 aromatic heterocycles. The maximum atomic E-state index is 12.2. The molecule has 6 nitrogen and oxygen atoms in total. The molecular weight excluding hydrogens is 390 g/mol. The number of aryl methyl sites for hydroxylation is 2. The fourth-order valence-corrected chi connectivity index (χ4v) is 3.39. The van der Waals surface area contributed by atoms with Crippen LogP contribution in [0.25, 0.3) is 11.0 Å². The van der Waals surface area contributed by atoms with E-state index in [1.54, 1.807) is 30.0 Å². The Balaban J connectivity index is 1.46. The molecule has 0 unspecified atom stereocenters. The van der Waals surface area contributed by atoms with Gasteiger partial charge in [0.25, 0.3) is 5.91 Å². The van der Waals surface area contributed by atoms with E-state index >= 15 is 0 Å². The van der Waals surface area contributed by atoms with E-state index in [-0.39, 0.29) is 11.2 Å². The molecule has 1 amide bonds. The lowest BCUT2D eigenvalue weighted by Gasteiger charge is -2.07. The Hall–Kier alpha value is -3.06. The van der Waals surface area contributed by atoms with Crippen molar-refractivity contribution in [2.24, 2.45) is 0 Å². The summed E-state index contributed by atoms with van der Waals surface area (Å²) in [5.41, 5.74) is 2.08. The lowest BCUT2D eigenvalue weighted by atomic mass is 10.1. The van der Waals surface area contributed by atoms with E-state index in [1.807, 2.05) is 38.1 Å². The third-order valence-electron chi connectivity index (χ3n) is 4.13. The highest BCUT2D eigenvalue weighted by atomic mass is 32.2. The fourth-order valence-electron chi connectivity index (χ4n) is 2.62. The van der Waals surface area contributed by atoms with Crippen LogP contribution in [0.4, 0.5) is 0 Å². The van der Waals surface area contributed by atoms with E-state index in [4.69, 9.17) is 9.15 Å². The normalized spacial score (nSPS) is 10.7. The second-order valence-electron chi connectivity index (χ2n) is 6.56. The van der Waals surface area contributed by atoms with Crippen LogP contribution in [0.1, 0.15) is 21.7 Å². The summed E-state index contributed by atoms with van der Waals surface area (Å²) in [6.45, 7) is 3.89. The Morgan fingerprint density at radius 1 is 1.03 bits per heavy atom. The van der Waals surface area contributed by atoms with Gasteiger partial charge < -0.3 is 14.5 Å². The van der Waals surface area contributed by atoms with Gasteiger partial charge in [0.15, 0.2) is 12.0 Å². The number of hydrogen-bond donors (Lipinski definition) is 1. The SMILES string of the molecule is Cc1ccc(SCCNC(=O)COC(=O)c2cc(=O)c3cc(C)ccc3o2)cc1. The third-order valence-corrected chi connectivity index (χ3v) is 5.15. The predicted octanol–water partition coefficient (Wildman–Crippen LogP) is 3.48. The maximum Gasteiger partial charge on any atom is 0.374 e. The molecule has 1 N–H and O–H groups in total. The lowest BCUT2D eigenvalue weighted by Crippen LogP contribution is -2.30. The van der Waals surface area contributed by atoms with Crippen molar-refractivity contribution >= 4 is 34.6 Å². The van der Waals surface area contributed by atoms with Crippen molar-refractivity contribution in [2.75, 3.05) is 18.9 Å². The molecule has 1 heterocycles. The average Bonchev–Trinajstić information content (AvgIpc) is 2.71. The number of nitrogens with one attached hydrogen (secondary N) is 1. The molecule has 0 radical (unpaired) electrons. The first-order valence-electron chi connectivity index (χ1n) is 9.10. The van der Waals surface area contributed by atoms with Gasteiger partial charge in [0.2, 0.25) is 5.76 Å². The highest BCUT2D eigenvalue weighted by molar-refractivity contribution is 7.99. The van der Waals surface area contributed by atoms with Crippen LogP contribution < -0.4 is 10.7 Å². The summed E-state index contributed by atoms with van der Waals surface area (Å²) in [7, 11) is 0. The summed E-state index contributed by atoms with van der Waals surface area (Å²) in [6.07, 6.45) is 0. The van der Waals surface area contributed by atoms with Gasteiger partial charge in [-0.2, -0.15) is 0 Å². The van der Waals surface area contributed by atoms with E-state index in [1.165, 1.54) is 5.56 Å². The van der Waals surface area contributed by atoms with Crippen molar-refractivity contribution in [1.29, 1.82) is 0 Å². The third kappa shape index (κ3) is 5.71. The van der Waals surface area contributed by atoms with Gasteiger partial charge in [0, 0.05) is 23.3 Å². The van der Waals surface area contributed by atoms with Crippen molar-refractivity contribution in [3.05, 3.63) is 75.6 Å². The number of esters is 1. The number of thioether (sulfide) groups is 1. The Morgan fingerprint density at radius 2 is 1.76 bits per heavy atom. The molecule has 29 heavy (non-hydrogen) atoms. The van der Waals surface area contributed by atoms with E-state index in [2.05, 4.69) is 5.32 Å². The quantitative estimate of drug-likeness (QED) is 0.364. The molecule has 0 aliphatic carbocycles. The summed E-state index contributed by atoms with van der Waals surface area (Å²) in [5, 5.41) is 3.08. The molecular formula is C22H21NO5S. The van der Waals surface area contributed by atoms with E-state index < -0.39 is 18.5 Å². The molecule has 0 bridgehead atoms. The van der Waals surface area contributed by atoms with E-state index in [0.29, 0.717) is 23.3 Å². The molecule has 0 aliphatic heterocycles. The Labute approximate surface area is 172 Å². The predicted molar refractivity (Wildman–Crippen MR) is 112 cm³/mol. The Morgan fingerprint density at radius 3 is 2.52 bits per heavy atom. The second kappa shape index (κ2) is 9.43. The molecule has 0 saturated carbocycles. The van der Waals surface area contributed by atoms with E-state index in [0.717, 1.165) is 16.5 Å². The van der Waals surface area contributed by atoms with Crippen LogP contribution in [0.15, 0.2) is 62.6 Å². The smallest absolute Gasteiger partial charge is 0.374 e. The van der Waals surface area contributed by atoms with Crippen molar-refractivity contribution < 1.29 is 18.7 Å². The minimum absolute atomic E-state index is 0.228. The molecule has 0 spiro atoms. The van der Waals surface area contributed by atoms with Crippen LogP contribution in [0, 0.1) is 13.8 Å². The van der Waals surface area contributed by atoms with Crippen molar-refractivity contribution in [2.45, 2.75) is 18.7 Å². The van der Waals surface area contributed by atoms with Crippen LogP contribution in [0.3, 0.4) is 0 Å². The van der Waals surface area contributed by atoms with Crippen LogP contribution in [-0.4, -0.2) is 30.8 Å². The van der Waals surface area contributed by atoms with Gasteiger partial charge in [-0.3, -0.25) is 9.59 Å². The first-order valence-corrected chi connectivity index (χ1v) is 10.1. The number of carbonyl (C=O) groups is 2. The van der Waals surface area contributed by atoms with Gasteiger partial charge in [-0.1, -0.05) is 29.3 Å². The molecule has 0 atom stereocenters. The molecule has 150 valence electrons. The van der Waals surface area contributed by atoms with E-state index in [9.17, 15) is 14.4 Å². The van der Waals surface area contributed by atoms with Gasteiger partial charge in [-0.25, -0.2) is 4.79 Å². The number of carbonyl (C=O) groups excluding carboxylic acids is 2. The molecule has 3 aromatic rings. The molecule has 0 aliphatic rings. The molecule has 0 fully saturated rings. The average molecular weight is 411 g/mol. The molecule has 2 aromatic carbocycles. The second-order valence-corrected chi connectivity index (χ2v) is 7.73. The fraction of sp³-hybridized carbons (Fsp3) is 0.227. The molecule has 3 rings (SSSR count). The topological polar surface area (TPSA) is 85.6 Å².